The number of nitrogens with one attached hydrogen (secondary N) is 1. The lowest BCUT2D eigenvalue weighted by molar-refractivity contribution is -0.149. The van der Waals surface area contributed by atoms with Gasteiger partial charge in [0.05, 0.1) is 24.8 Å². The number of piperidine rings is 1. The predicted molar refractivity (Wildman–Crippen MR) is 104 cm³/mol. The summed E-state index contributed by atoms with van der Waals surface area (Å²) in [5.74, 6) is 0.853. The van der Waals surface area contributed by atoms with E-state index in [4.69, 9.17) is 9.73 Å². The van der Waals surface area contributed by atoms with E-state index in [0.717, 1.165) is 44.1 Å². The Morgan fingerprint density at radius 1 is 1.42 bits per heavy atom. The summed E-state index contributed by atoms with van der Waals surface area (Å²) in [5, 5.41) is 7.50. The summed E-state index contributed by atoms with van der Waals surface area (Å²) in [6.45, 7) is 7.42. The van der Waals surface area contributed by atoms with Gasteiger partial charge in [0.1, 0.15) is 0 Å². The molecule has 1 fully saturated rings. The van der Waals surface area contributed by atoms with Crippen molar-refractivity contribution >= 4 is 35.9 Å². The molecule has 0 atom stereocenters. The van der Waals surface area contributed by atoms with Gasteiger partial charge < -0.3 is 15.0 Å². The molecular weight excluding hydrogens is 421 g/mol. The fraction of sp³-hybridized carbons (Fsp3) is 0.688. The molecule has 0 radical (unpaired) electrons. The summed E-state index contributed by atoms with van der Waals surface area (Å²) in [5.41, 5.74) is 1.07. The molecule has 0 aromatic carbocycles. The Kier molecular flexibility index (Phi) is 9.09. The zero-order valence-electron chi connectivity index (χ0n) is 14.7. The van der Waals surface area contributed by atoms with Crippen LogP contribution in [0.25, 0.3) is 0 Å². The molecule has 0 bridgehead atoms. The van der Waals surface area contributed by atoms with E-state index in [9.17, 15) is 4.79 Å². The molecule has 8 heteroatoms. The van der Waals surface area contributed by atoms with Gasteiger partial charge in [0.2, 0.25) is 0 Å². The van der Waals surface area contributed by atoms with E-state index >= 15 is 0 Å². The van der Waals surface area contributed by atoms with Crippen molar-refractivity contribution in [1.29, 1.82) is 0 Å². The van der Waals surface area contributed by atoms with Crippen molar-refractivity contribution in [2.45, 2.75) is 33.2 Å². The molecule has 0 spiro atoms. The monoisotopic (exact) mass is 449 g/mol. The summed E-state index contributed by atoms with van der Waals surface area (Å²) in [7, 11) is 1.92. The lowest BCUT2D eigenvalue weighted by atomic mass is 9.97. The third kappa shape index (κ3) is 5.64. The number of esters is 1. The van der Waals surface area contributed by atoms with Gasteiger partial charge in [0.25, 0.3) is 0 Å². The maximum absolute atomic E-state index is 11.8. The minimum atomic E-state index is -0.0658. The molecule has 24 heavy (non-hydrogen) atoms. The Labute approximate surface area is 160 Å². The first kappa shape index (κ1) is 20.7. The van der Waals surface area contributed by atoms with Gasteiger partial charge in [-0.3, -0.25) is 9.48 Å². The van der Waals surface area contributed by atoms with Gasteiger partial charge in [0, 0.05) is 32.9 Å². The van der Waals surface area contributed by atoms with Gasteiger partial charge in [-0.15, -0.1) is 24.0 Å². The number of carbonyl (C=O) groups excluding carboxylic acids is 1. The van der Waals surface area contributed by atoms with Crippen LogP contribution in [0.15, 0.2) is 17.3 Å². The topological polar surface area (TPSA) is 71.8 Å². The quantitative estimate of drug-likeness (QED) is 0.321. The molecule has 1 N–H and O–H groups in total. The number of aryl methyl sites for hydroxylation is 1. The van der Waals surface area contributed by atoms with Crippen LogP contribution in [0.1, 0.15) is 32.4 Å². The Balaban J connectivity index is 0.00000288. The summed E-state index contributed by atoms with van der Waals surface area (Å²) < 4.78 is 6.95. The van der Waals surface area contributed by atoms with E-state index in [1.165, 1.54) is 0 Å². The first-order chi connectivity index (χ1) is 11.2. The molecule has 1 aromatic rings. The number of rotatable bonds is 5. The number of hydrogen-bond donors (Lipinski definition) is 1. The van der Waals surface area contributed by atoms with Crippen molar-refractivity contribution in [3.05, 3.63) is 18.0 Å². The van der Waals surface area contributed by atoms with Gasteiger partial charge in [-0.05, 0) is 32.8 Å². The molecule has 2 rings (SSSR count). The van der Waals surface area contributed by atoms with E-state index in [1.807, 2.05) is 24.7 Å². The molecule has 7 nitrogen and oxygen atoms in total. The van der Waals surface area contributed by atoms with E-state index < -0.39 is 0 Å². The molecule has 136 valence electrons. The van der Waals surface area contributed by atoms with Crippen LogP contribution < -0.4 is 5.32 Å². The van der Waals surface area contributed by atoms with Crippen LogP contribution >= 0.6 is 24.0 Å². The van der Waals surface area contributed by atoms with Crippen molar-refractivity contribution in [3.8, 4) is 0 Å². The van der Waals surface area contributed by atoms with Crippen LogP contribution in [0.3, 0.4) is 0 Å². The molecule has 1 saturated heterocycles. The second-order valence-electron chi connectivity index (χ2n) is 5.63. The van der Waals surface area contributed by atoms with Crippen LogP contribution in [0.4, 0.5) is 0 Å². The average molecular weight is 449 g/mol. The highest BCUT2D eigenvalue weighted by Gasteiger charge is 2.27. The summed E-state index contributed by atoms with van der Waals surface area (Å²) in [6, 6.07) is 1.97. The number of halogens is 1. The fourth-order valence-corrected chi connectivity index (χ4v) is 2.73. The Bertz CT molecular complexity index is 538. The van der Waals surface area contributed by atoms with Crippen molar-refractivity contribution in [2.75, 3.05) is 26.2 Å². The van der Waals surface area contributed by atoms with Crippen molar-refractivity contribution < 1.29 is 9.53 Å². The third-order valence-electron chi connectivity index (χ3n) is 4.06. The molecular formula is C16H28IN5O2. The number of guanidine groups is 1. The molecule has 1 aromatic heterocycles. The first-order valence-corrected chi connectivity index (χ1v) is 8.32. The number of carbonyl (C=O) groups is 1. The van der Waals surface area contributed by atoms with E-state index in [2.05, 4.69) is 22.2 Å². The molecule has 2 heterocycles. The van der Waals surface area contributed by atoms with E-state index in [-0.39, 0.29) is 35.9 Å². The summed E-state index contributed by atoms with van der Waals surface area (Å²) in [4.78, 5) is 18.7. The second kappa shape index (κ2) is 10.5. The second-order valence-corrected chi connectivity index (χ2v) is 5.63. The SMILES string of the molecule is CCNC(=NCc1ccnn1C)N1CCC(C(=O)OCC)CC1.I. The van der Waals surface area contributed by atoms with Crippen molar-refractivity contribution in [2.24, 2.45) is 18.0 Å². The first-order valence-electron chi connectivity index (χ1n) is 8.32. The number of hydrogen-bond acceptors (Lipinski definition) is 4. The number of aliphatic imine (C=N–C) groups is 1. The number of ether oxygens (including phenoxy) is 1. The standard InChI is InChI=1S/C16H27N5O2.HI/c1-4-17-16(18-12-14-6-9-19-20(14)3)21-10-7-13(8-11-21)15(22)23-5-2;/h6,9,13H,4-5,7-8,10-12H2,1-3H3,(H,17,18);1H. The Morgan fingerprint density at radius 3 is 2.67 bits per heavy atom. The van der Waals surface area contributed by atoms with E-state index in [1.54, 1.807) is 6.20 Å². The largest absolute Gasteiger partial charge is 0.466 e. The minimum absolute atomic E-state index is 0. The highest BCUT2D eigenvalue weighted by molar-refractivity contribution is 14.0. The van der Waals surface area contributed by atoms with Gasteiger partial charge in [-0.25, -0.2) is 4.99 Å². The summed E-state index contributed by atoms with van der Waals surface area (Å²) in [6.07, 6.45) is 3.41. The Hall–Kier alpha value is -1.32. The average Bonchev–Trinajstić information content (AvgIpc) is 2.97. The van der Waals surface area contributed by atoms with E-state index in [0.29, 0.717) is 13.2 Å². The maximum atomic E-state index is 11.8. The molecule has 0 saturated carbocycles. The molecule has 0 aliphatic carbocycles. The lowest BCUT2D eigenvalue weighted by Crippen LogP contribution is -2.46. The molecule has 0 unspecified atom stereocenters. The van der Waals surface area contributed by atoms with Crippen LogP contribution in [-0.2, 0) is 23.1 Å². The van der Waals surface area contributed by atoms with Gasteiger partial charge in [-0.1, -0.05) is 0 Å². The highest BCUT2D eigenvalue weighted by atomic mass is 127. The van der Waals surface area contributed by atoms with Gasteiger partial charge in [0.15, 0.2) is 5.96 Å². The minimum Gasteiger partial charge on any atom is -0.466 e. The molecule has 1 aliphatic rings. The maximum Gasteiger partial charge on any atom is 0.309 e. The third-order valence-corrected chi connectivity index (χ3v) is 4.06. The van der Waals surface area contributed by atoms with Gasteiger partial charge in [-0.2, -0.15) is 5.10 Å². The zero-order valence-corrected chi connectivity index (χ0v) is 17.0. The predicted octanol–water partition coefficient (Wildman–Crippen LogP) is 1.78. The lowest BCUT2D eigenvalue weighted by Gasteiger charge is -2.33. The van der Waals surface area contributed by atoms with Crippen LogP contribution in [-0.4, -0.2) is 52.9 Å². The van der Waals surface area contributed by atoms with Crippen LogP contribution in [0, 0.1) is 5.92 Å². The van der Waals surface area contributed by atoms with Gasteiger partial charge >= 0.3 is 5.97 Å². The molecule has 0 amide bonds. The molecule has 1 aliphatic heterocycles. The smallest absolute Gasteiger partial charge is 0.309 e. The zero-order chi connectivity index (χ0) is 16.7. The normalized spacial score (nSPS) is 15.8. The van der Waals surface area contributed by atoms with Crippen LogP contribution in [0.2, 0.25) is 0 Å². The highest BCUT2D eigenvalue weighted by Crippen LogP contribution is 2.19. The van der Waals surface area contributed by atoms with Crippen molar-refractivity contribution in [1.82, 2.24) is 20.0 Å². The number of likely N-dealkylation sites (tertiary alicyclic amines) is 1. The summed E-state index contributed by atoms with van der Waals surface area (Å²) >= 11 is 0. The Morgan fingerprint density at radius 2 is 2.12 bits per heavy atom. The van der Waals surface area contributed by atoms with Crippen molar-refractivity contribution in [3.63, 3.8) is 0 Å². The number of aromatic nitrogens is 2. The fourth-order valence-electron chi connectivity index (χ4n) is 2.73. The number of nitrogens with zero attached hydrogens (tertiary/aromatic N) is 4. The van der Waals surface area contributed by atoms with Crippen LogP contribution in [0.5, 0.6) is 0 Å².